The molecular formula is C10H11ClF4N2. The van der Waals surface area contributed by atoms with E-state index in [4.69, 9.17) is 11.6 Å². The molecule has 0 aromatic carbocycles. The standard InChI is InChI=1S/C10H11ClF4N2/c1-6(2)17(5-10(13,14)15)9-8(12)3-7(11)4-16-9/h3-4,6H,5H2,1-2H3. The van der Waals surface area contributed by atoms with E-state index in [0.29, 0.717) is 0 Å². The highest BCUT2D eigenvalue weighted by Gasteiger charge is 2.33. The number of alkyl halides is 3. The van der Waals surface area contributed by atoms with Crippen molar-refractivity contribution in [2.45, 2.75) is 26.1 Å². The maximum atomic E-state index is 13.5. The molecule has 1 heterocycles. The fraction of sp³-hybridized carbons (Fsp3) is 0.500. The first-order valence-corrected chi connectivity index (χ1v) is 5.23. The summed E-state index contributed by atoms with van der Waals surface area (Å²) in [5.74, 6) is -1.21. The Morgan fingerprint density at radius 3 is 2.41 bits per heavy atom. The maximum Gasteiger partial charge on any atom is 0.405 e. The highest BCUT2D eigenvalue weighted by molar-refractivity contribution is 6.30. The van der Waals surface area contributed by atoms with Gasteiger partial charge in [-0.15, -0.1) is 0 Å². The van der Waals surface area contributed by atoms with E-state index in [9.17, 15) is 17.6 Å². The summed E-state index contributed by atoms with van der Waals surface area (Å²) in [7, 11) is 0. The van der Waals surface area contributed by atoms with Gasteiger partial charge in [0, 0.05) is 12.2 Å². The number of pyridine rings is 1. The van der Waals surface area contributed by atoms with Crippen LogP contribution in [0, 0.1) is 5.82 Å². The summed E-state index contributed by atoms with van der Waals surface area (Å²) in [4.78, 5) is 4.44. The van der Waals surface area contributed by atoms with Gasteiger partial charge in [-0.25, -0.2) is 9.37 Å². The Hall–Kier alpha value is -1.04. The molecule has 0 amide bonds. The Morgan fingerprint density at radius 2 is 2.00 bits per heavy atom. The Kier molecular flexibility index (Phi) is 4.19. The van der Waals surface area contributed by atoms with Gasteiger partial charge in [-0.05, 0) is 19.9 Å². The highest BCUT2D eigenvalue weighted by atomic mass is 35.5. The van der Waals surface area contributed by atoms with Crippen molar-refractivity contribution >= 4 is 17.4 Å². The third kappa shape index (κ3) is 4.03. The molecular weight excluding hydrogens is 260 g/mol. The van der Waals surface area contributed by atoms with Crippen LogP contribution < -0.4 is 4.90 Å². The molecule has 7 heteroatoms. The van der Waals surface area contributed by atoms with Gasteiger partial charge in [-0.3, -0.25) is 0 Å². The van der Waals surface area contributed by atoms with Crippen LogP contribution in [0.2, 0.25) is 5.02 Å². The molecule has 0 aliphatic rings. The average Bonchev–Trinajstić information content (AvgIpc) is 2.13. The number of nitrogens with zero attached hydrogens (tertiary/aromatic N) is 2. The van der Waals surface area contributed by atoms with Gasteiger partial charge in [0.25, 0.3) is 0 Å². The number of hydrogen-bond acceptors (Lipinski definition) is 2. The fourth-order valence-electron chi connectivity index (χ4n) is 1.31. The van der Waals surface area contributed by atoms with Gasteiger partial charge in [0.15, 0.2) is 11.6 Å². The summed E-state index contributed by atoms with van der Waals surface area (Å²) in [6, 6.07) is 0.412. The van der Waals surface area contributed by atoms with Gasteiger partial charge >= 0.3 is 6.18 Å². The number of halogens is 5. The second-order valence-corrected chi connectivity index (χ2v) is 4.23. The van der Waals surface area contributed by atoms with Crippen molar-refractivity contribution in [2.75, 3.05) is 11.4 Å². The summed E-state index contributed by atoms with van der Waals surface area (Å²) in [5.41, 5.74) is 0. The van der Waals surface area contributed by atoms with Crippen molar-refractivity contribution in [2.24, 2.45) is 0 Å². The number of aromatic nitrogens is 1. The molecule has 0 atom stereocenters. The van der Waals surface area contributed by atoms with Crippen LogP contribution in [0.25, 0.3) is 0 Å². The lowest BCUT2D eigenvalue weighted by Gasteiger charge is -2.28. The van der Waals surface area contributed by atoms with Crippen molar-refractivity contribution in [1.82, 2.24) is 4.98 Å². The van der Waals surface area contributed by atoms with Crippen LogP contribution in [0.1, 0.15) is 13.8 Å². The summed E-state index contributed by atoms with van der Waals surface area (Å²) in [6.07, 6.45) is -3.30. The minimum Gasteiger partial charge on any atom is -0.343 e. The molecule has 0 unspecified atom stereocenters. The second-order valence-electron chi connectivity index (χ2n) is 3.80. The Bertz CT molecular complexity index is 392. The predicted molar refractivity (Wildman–Crippen MR) is 57.7 cm³/mol. The summed E-state index contributed by atoms with van der Waals surface area (Å²) < 4.78 is 50.5. The summed E-state index contributed by atoms with van der Waals surface area (Å²) in [6.45, 7) is 1.80. The summed E-state index contributed by atoms with van der Waals surface area (Å²) in [5, 5.41) is 0.0435. The zero-order valence-electron chi connectivity index (χ0n) is 9.22. The van der Waals surface area contributed by atoms with E-state index in [2.05, 4.69) is 4.98 Å². The van der Waals surface area contributed by atoms with Crippen LogP contribution >= 0.6 is 11.6 Å². The molecule has 0 saturated heterocycles. The zero-order valence-corrected chi connectivity index (χ0v) is 9.98. The Morgan fingerprint density at radius 1 is 1.41 bits per heavy atom. The monoisotopic (exact) mass is 270 g/mol. The van der Waals surface area contributed by atoms with Crippen LogP contribution in [0.15, 0.2) is 12.3 Å². The molecule has 0 aliphatic heterocycles. The molecule has 17 heavy (non-hydrogen) atoms. The summed E-state index contributed by atoms with van der Waals surface area (Å²) >= 11 is 5.49. The molecule has 0 saturated carbocycles. The third-order valence-electron chi connectivity index (χ3n) is 2.03. The van der Waals surface area contributed by atoms with Crippen molar-refractivity contribution in [3.63, 3.8) is 0 Å². The second kappa shape index (κ2) is 5.08. The van der Waals surface area contributed by atoms with E-state index in [1.165, 1.54) is 13.8 Å². The first-order valence-electron chi connectivity index (χ1n) is 4.85. The van der Waals surface area contributed by atoms with Crippen LogP contribution in [0.4, 0.5) is 23.4 Å². The lowest BCUT2D eigenvalue weighted by Crippen LogP contribution is -2.40. The molecule has 1 rings (SSSR count). The first-order chi connectivity index (χ1) is 7.70. The molecule has 0 fully saturated rings. The van der Waals surface area contributed by atoms with Gasteiger partial charge in [0.1, 0.15) is 6.54 Å². The van der Waals surface area contributed by atoms with Gasteiger partial charge in [0.2, 0.25) is 0 Å². The minimum absolute atomic E-state index is 0.0435. The lowest BCUT2D eigenvalue weighted by atomic mass is 10.3. The van der Waals surface area contributed by atoms with E-state index in [1.54, 1.807) is 0 Å². The largest absolute Gasteiger partial charge is 0.405 e. The Labute approximate surface area is 101 Å². The van der Waals surface area contributed by atoms with Gasteiger partial charge in [0.05, 0.1) is 5.02 Å². The van der Waals surface area contributed by atoms with E-state index in [-0.39, 0.29) is 10.8 Å². The third-order valence-corrected chi connectivity index (χ3v) is 2.24. The molecule has 0 N–H and O–H groups in total. The Balaban J connectivity index is 3.06. The van der Waals surface area contributed by atoms with E-state index in [1.807, 2.05) is 0 Å². The van der Waals surface area contributed by atoms with Crippen LogP contribution in [-0.2, 0) is 0 Å². The highest BCUT2D eigenvalue weighted by Crippen LogP contribution is 2.25. The van der Waals surface area contributed by atoms with Crippen molar-refractivity contribution in [3.05, 3.63) is 23.1 Å². The zero-order chi connectivity index (χ0) is 13.2. The van der Waals surface area contributed by atoms with Crippen molar-refractivity contribution in [1.29, 1.82) is 0 Å². The van der Waals surface area contributed by atoms with Crippen molar-refractivity contribution in [3.8, 4) is 0 Å². The predicted octanol–water partition coefficient (Wildman–Crippen LogP) is 3.65. The molecule has 0 bridgehead atoms. The molecule has 1 aromatic heterocycles. The van der Waals surface area contributed by atoms with E-state index >= 15 is 0 Å². The van der Waals surface area contributed by atoms with Crippen molar-refractivity contribution < 1.29 is 17.6 Å². The minimum atomic E-state index is -4.42. The van der Waals surface area contributed by atoms with Crippen LogP contribution in [0.3, 0.4) is 0 Å². The normalized spacial score (nSPS) is 12.0. The van der Waals surface area contributed by atoms with Gasteiger partial charge < -0.3 is 4.90 Å². The lowest BCUT2D eigenvalue weighted by molar-refractivity contribution is -0.120. The molecule has 0 radical (unpaired) electrons. The smallest absolute Gasteiger partial charge is 0.343 e. The van der Waals surface area contributed by atoms with Gasteiger partial charge in [-0.1, -0.05) is 11.6 Å². The molecule has 2 nitrogen and oxygen atoms in total. The quantitative estimate of drug-likeness (QED) is 0.780. The van der Waals surface area contributed by atoms with Crippen LogP contribution in [0.5, 0.6) is 0 Å². The average molecular weight is 271 g/mol. The number of rotatable bonds is 3. The van der Waals surface area contributed by atoms with Crippen LogP contribution in [-0.4, -0.2) is 23.7 Å². The molecule has 1 aromatic rings. The molecule has 0 spiro atoms. The fourth-order valence-corrected chi connectivity index (χ4v) is 1.46. The first kappa shape index (κ1) is 14.0. The van der Waals surface area contributed by atoms with Gasteiger partial charge in [-0.2, -0.15) is 13.2 Å². The van der Waals surface area contributed by atoms with E-state index in [0.717, 1.165) is 17.2 Å². The topological polar surface area (TPSA) is 16.1 Å². The molecule has 0 aliphatic carbocycles. The SMILES string of the molecule is CC(C)N(CC(F)(F)F)c1ncc(Cl)cc1F. The molecule has 96 valence electrons. The number of hydrogen-bond donors (Lipinski definition) is 0. The van der Waals surface area contributed by atoms with E-state index < -0.39 is 24.6 Å². The maximum absolute atomic E-state index is 13.5. The number of anilines is 1.